The summed E-state index contributed by atoms with van der Waals surface area (Å²) in [6, 6.07) is 4.75. The zero-order valence-electron chi connectivity index (χ0n) is 22.5. The molecule has 11 heteroatoms. The van der Waals surface area contributed by atoms with E-state index >= 15 is 0 Å². The Morgan fingerprint density at radius 2 is 1.55 bits per heavy atom. The van der Waals surface area contributed by atoms with Crippen LogP contribution in [0.4, 0.5) is 0 Å². The number of nitrogens with one attached hydrogen (secondary N) is 2. The van der Waals surface area contributed by atoms with Gasteiger partial charge < -0.3 is 19.5 Å². The van der Waals surface area contributed by atoms with E-state index in [0.717, 1.165) is 5.56 Å². The molecule has 0 saturated carbocycles. The first-order valence-corrected chi connectivity index (χ1v) is 14.0. The topological polar surface area (TPSA) is 137 Å². The van der Waals surface area contributed by atoms with Crippen LogP contribution in [0.3, 0.4) is 0 Å². The average Bonchev–Trinajstić information content (AvgIpc) is 2.86. The number of sulfonamides is 1. The van der Waals surface area contributed by atoms with Crippen molar-refractivity contribution in [1.29, 1.82) is 0 Å². The van der Waals surface area contributed by atoms with Crippen LogP contribution >= 0.6 is 0 Å². The third-order valence-corrected chi connectivity index (χ3v) is 7.68. The van der Waals surface area contributed by atoms with Gasteiger partial charge in [0, 0.05) is 19.4 Å². The number of benzene rings is 1. The zero-order chi connectivity index (χ0) is 28.3. The van der Waals surface area contributed by atoms with Crippen molar-refractivity contribution < 1.29 is 37.0 Å². The summed E-state index contributed by atoms with van der Waals surface area (Å²) in [7, 11) is -2.41. The molecular formula is C27H38N2O8S. The van der Waals surface area contributed by atoms with Crippen molar-refractivity contribution in [2.45, 2.75) is 63.6 Å². The molecule has 38 heavy (non-hydrogen) atoms. The van der Waals surface area contributed by atoms with Crippen molar-refractivity contribution in [3.8, 4) is 0 Å². The molecule has 0 saturated heterocycles. The molecule has 5 atom stereocenters. The first-order valence-electron chi connectivity index (χ1n) is 12.5. The Kier molecular flexibility index (Phi) is 12.1. The number of esters is 2. The van der Waals surface area contributed by atoms with Gasteiger partial charge in [0.1, 0.15) is 19.3 Å². The largest absolute Gasteiger partial charge is 0.464 e. The molecule has 0 aromatic heterocycles. The summed E-state index contributed by atoms with van der Waals surface area (Å²) >= 11 is 0. The van der Waals surface area contributed by atoms with E-state index < -0.39 is 52.0 Å². The maximum Gasteiger partial charge on any atom is 0.328 e. The summed E-state index contributed by atoms with van der Waals surface area (Å²) in [4.78, 5) is 37.1. The number of ether oxygens (including phenoxy) is 3. The Labute approximate surface area is 224 Å². The highest BCUT2D eigenvalue weighted by Crippen LogP contribution is 2.15. The summed E-state index contributed by atoms with van der Waals surface area (Å²) < 4.78 is 44.7. The Morgan fingerprint density at radius 3 is 2.21 bits per heavy atom. The van der Waals surface area contributed by atoms with Gasteiger partial charge >= 0.3 is 11.9 Å². The molecule has 1 amide bonds. The molecule has 210 valence electrons. The second-order valence-corrected chi connectivity index (χ2v) is 11.1. The quantitative estimate of drug-likeness (QED) is 0.431. The minimum Gasteiger partial charge on any atom is -0.464 e. The lowest BCUT2D eigenvalue weighted by Crippen LogP contribution is -2.42. The Hall–Kier alpha value is -3.02. The Morgan fingerprint density at radius 1 is 0.921 bits per heavy atom. The van der Waals surface area contributed by atoms with Crippen LogP contribution in [0.1, 0.15) is 39.2 Å². The van der Waals surface area contributed by atoms with Gasteiger partial charge in [0.05, 0.1) is 23.5 Å². The Bertz CT molecular complexity index is 1110. The fourth-order valence-electron chi connectivity index (χ4n) is 3.63. The van der Waals surface area contributed by atoms with Crippen LogP contribution in [0.2, 0.25) is 0 Å². The summed E-state index contributed by atoms with van der Waals surface area (Å²) in [5, 5.41) is 2.58. The number of rotatable bonds is 4. The van der Waals surface area contributed by atoms with Crippen LogP contribution in [-0.4, -0.2) is 64.8 Å². The maximum atomic E-state index is 13.0. The van der Waals surface area contributed by atoms with E-state index in [1.807, 2.05) is 13.8 Å². The highest BCUT2D eigenvalue weighted by molar-refractivity contribution is 7.89. The van der Waals surface area contributed by atoms with Gasteiger partial charge in [-0.2, -0.15) is 0 Å². The molecule has 1 heterocycles. The number of hydrogen-bond acceptors (Lipinski definition) is 8. The van der Waals surface area contributed by atoms with E-state index in [1.165, 1.54) is 26.2 Å². The van der Waals surface area contributed by atoms with E-state index in [0.29, 0.717) is 0 Å². The van der Waals surface area contributed by atoms with E-state index in [9.17, 15) is 22.8 Å². The SMILES string of the molecule is CO[C@@H]1COC(=O)[C@H](C)NC(=O)C/C=C\[C@@H](C)[C@@H](NS(=O)(=O)c2ccc(C)cc2)COC(=O)C/C=C\[C@@H]1C. The number of carbonyl (C=O) groups excluding carboxylic acids is 3. The van der Waals surface area contributed by atoms with E-state index in [1.54, 1.807) is 43.4 Å². The van der Waals surface area contributed by atoms with Crippen LogP contribution in [0.15, 0.2) is 53.5 Å². The van der Waals surface area contributed by atoms with Crippen LogP contribution in [0, 0.1) is 18.8 Å². The molecule has 0 spiro atoms. The number of hydrogen-bond donors (Lipinski definition) is 2. The highest BCUT2D eigenvalue weighted by atomic mass is 32.2. The molecular weight excluding hydrogens is 512 g/mol. The number of amides is 1. The van der Waals surface area contributed by atoms with Gasteiger partial charge in [-0.25, -0.2) is 17.9 Å². The molecule has 1 aliphatic heterocycles. The predicted octanol–water partition coefficient (Wildman–Crippen LogP) is 2.43. The first-order chi connectivity index (χ1) is 17.9. The van der Waals surface area contributed by atoms with Gasteiger partial charge in [0.25, 0.3) is 0 Å². The summed E-state index contributed by atoms with van der Waals surface area (Å²) in [5.41, 5.74) is 0.918. The van der Waals surface area contributed by atoms with Crippen molar-refractivity contribution >= 4 is 27.9 Å². The minimum absolute atomic E-state index is 0.0221. The first kappa shape index (κ1) is 31.2. The van der Waals surface area contributed by atoms with Crippen LogP contribution in [0.25, 0.3) is 0 Å². The lowest BCUT2D eigenvalue weighted by molar-refractivity contribution is -0.151. The minimum atomic E-state index is -3.90. The second kappa shape index (κ2) is 14.8. The zero-order valence-corrected chi connectivity index (χ0v) is 23.3. The Balaban J connectivity index is 2.25. The molecule has 0 fully saturated rings. The summed E-state index contributed by atoms with van der Waals surface area (Å²) in [6.07, 6.45) is 6.10. The van der Waals surface area contributed by atoms with Gasteiger partial charge in [-0.15, -0.1) is 0 Å². The molecule has 1 aliphatic rings. The second-order valence-electron chi connectivity index (χ2n) is 9.40. The van der Waals surface area contributed by atoms with Gasteiger partial charge in [-0.05, 0) is 31.9 Å². The number of carbonyl (C=O) groups is 3. The summed E-state index contributed by atoms with van der Waals surface area (Å²) in [5.74, 6) is -2.15. The molecule has 10 nitrogen and oxygen atoms in total. The van der Waals surface area contributed by atoms with E-state index in [2.05, 4.69) is 10.0 Å². The normalized spacial score (nSPS) is 28.6. The molecule has 0 unspecified atom stereocenters. The smallest absolute Gasteiger partial charge is 0.328 e. The lowest BCUT2D eigenvalue weighted by Gasteiger charge is -2.23. The van der Waals surface area contributed by atoms with Gasteiger partial charge in [-0.3, -0.25) is 9.59 Å². The third-order valence-electron chi connectivity index (χ3n) is 6.17. The van der Waals surface area contributed by atoms with Crippen molar-refractivity contribution in [2.75, 3.05) is 20.3 Å². The molecule has 0 radical (unpaired) electrons. The molecule has 0 bridgehead atoms. The van der Waals surface area contributed by atoms with E-state index in [-0.39, 0.29) is 36.9 Å². The standard InChI is InChI=1S/C27H38N2O8S/c1-18-12-14-22(15-13-18)38(33,34)29-23-16-36-26(31)11-7-9-20(3)24(35-5)17-37-27(32)21(4)28-25(30)10-6-8-19(23)2/h6-9,12-15,19-21,23-24,29H,10-11,16-17H2,1-5H3,(H,28,30)/b8-6-,9-7-/t19-,20+,21+,23+,24-/m1/s1. The van der Waals surface area contributed by atoms with Crippen molar-refractivity contribution in [2.24, 2.45) is 11.8 Å². The fraction of sp³-hybridized carbons (Fsp3) is 0.519. The molecule has 2 N–H and O–H groups in total. The average molecular weight is 551 g/mol. The van der Waals surface area contributed by atoms with Crippen LogP contribution in [-0.2, 0) is 38.6 Å². The van der Waals surface area contributed by atoms with Gasteiger partial charge in [0.15, 0.2) is 0 Å². The van der Waals surface area contributed by atoms with Crippen molar-refractivity contribution in [1.82, 2.24) is 10.0 Å². The number of cyclic esters (lactones) is 2. The summed E-state index contributed by atoms with van der Waals surface area (Å²) in [6.45, 7) is 6.75. The predicted molar refractivity (Wildman–Crippen MR) is 141 cm³/mol. The monoisotopic (exact) mass is 550 g/mol. The lowest BCUT2D eigenvalue weighted by atomic mass is 10.0. The maximum absolute atomic E-state index is 13.0. The van der Waals surface area contributed by atoms with Crippen LogP contribution in [0.5, 0.6) is 0 Å². The van der Waals surface area contributed by atoms with Crippen LogP contribution < -0.4 is 10.0 Å². The number of methoxy groups -OCH3 is 1. The number of aryl methyl sites for hydroxylation is 1. The highest BCUT2D eigenvalue weighted by Gasteiger charge is 2.26. The van der Waals surface area contributed by atoms with Crippen molar-refractivity contribution in [3.63, 3.8) is 0 Å². The van der Waals surface area contributed by atoms with E-state index in [4.69, 9.17) is 14.2 Å². The van der Waals surface area contributed by atoms with Gasteiger partial charge in [-0.1, -0.05) is 55.8 Å². The molecule has 1 aromatic carbocycles. The molecule has 1 aromatic rings. The third kappa shape index (κ3) is 10.0. The van der Waals surface area contributed by atoms with Crippen molar-refractivity contribution in [3.05, 3.63) is 54.1 Å². The molecule has 0 aliphatic carbocycles. The fourth-order valence-corrected chi connectivity index (χ4v) is 4.94. The van der Waals surface area contributed by atoms with Gasteiger partial charge in [0.2, 0.25) is 15.9 Å². The molecule has 2 rings (SSSR count).